The Balaban J connectivity index is 1.61. The van der Waals surface area contributed by atoms with Crippen LogP contribution in [-0.4, -0.2) is 45.2 Å². The zero-order valence-electron chi connectivity index (χ0n) is 13.0. The van der Waals surface area contributed by atoms with Crippen LogP contribution in [0.5, 0.6) is 0 Å². The van der Waals surface area contributed by atoms with E-state index >= 15 is 0 Å². The number of anilines is 1. The molecule has 1 atom stereocenters. The molecule has 1 aliphatic heterocycles. The Morgan fingerprint density at radius 2 is 2.08 bits per heavy atom. The molecule has 1 amide bonds. The van der Waals surface area contributed by atoms with Crippen LogP contribution < -0.4 is 21.3 Å². The summed E-state index contributed by atoms with van der Waals surface area (Å²) < 4.78 is 0. The topological polar surface area (TPSA) is 124 Å². The lowest BCUT2D eigenvalue weighted by atomic mass is 10.1. The second kappa shape index (κ2) is 7.07. The van der Waals surface area contributed by atoms with E-state index in [1.54, 1.807) is 18.5 Å². The lowest BCUT2D eigenvalue weighted by Crippen LogP contribution is -2.48. The van der Waals surface area contributed by atoms with E-state index in [-0.39, 0.29) is 23.9 Å². The highest BCUT2D eigenvalue weighted by molar-refractivity contribution is 5.78. The molecule has 3 rings (SSSR count). The summed E-state index contributed by atoms with van der Waals surface area (Å²) in [4.78, 5) is 45.5. The molecule has 0 bridgehead atoms. The fourth-order valence-electron chi connectivity index (χ4n) is 2.77. The highest BCUT2D eigenvalue weighted by Gasteiger charge is 2.23. The fraction of sp³-hybridized carbons (Fsp3) is 0.400. The molecule has 1 fully saturated rings. The molecule has 3 heterocycles. The third-order valence-electron chi connectivity index (χ3n) is 3.87. The molecule has 9 nitrogen and oxygen atoms in total. The Morgan fingerprint density at radius 3 is 2.88 bits per heavy atom. The minimum absolute atomic E-state index is 0.0452. The van der Waals surface area contributed by atoms with Gasteiger partial charge >= 0.3 is 0 Å². The predicted octanol–water partition coefficient (Wildman–Crippen LogP) is -0.819. The first-order chi connectivity index (χ1) is 11.6. The van der Waals surface area contributed by atoms with Crippen molar-refractivity contribution in [2.75, 3.05) is 18.0 Å². The lowest BCUT2D eigenvalue weighted by Gasteiger charge is -2.33. The minimum atomic E-state index is -0.465. The van der Waals surface area contributed by atoms with Gasteiger partial charge in [-0.1, -0.05) is 0 Å². The first-order valence-electron chi connectivity index (χ1n) is 7.74. The zero-order valence-corrected chi connectivity index (χ0v) is 13.0. The zero-order chi connectivity index (χ0) is 16.9. The summed E-state index contributed by atoms with van der Waals surface area (Å²) in [6.07, 6.45) is 5.00. The first-order valence-corrected chi connectivity index (χ1v) is 7.74. The van der Waals surface area contributed by atoms with E-state index in [9.17, 15) is 14.4 Å². The van der Waals surface area contributed by atoms with Crippen molar-refractivity contribution in [3.8, 4) is 0 Å². The Bertz CT molecular complexity index is 816. The number of nitrogens with zero attached hydrogens (tertiary/aromatic N) is 3. The van der Waals surface area contributed by atoms with Gasteiger partial charge in [0.1, 0.15) is 0 Å². The predicted molar refractivity (Wildman–Crippen MR) is 86.8 cm³/mol. The molecule has 24 heavy (non-hydrogen) atoms. The quantitative estimate of drug-likeness (QED) is 0.673. The standard InChI is InChI=1S/C15H18N6O3/c22-12(7-10-8-13(23)19-20-14(10)24)18-11-3-1-6-21(9-11)15-16-4-2-5-17-15/h2,4-5,8,11H,1,3,6-7,9H2,(H,18,22)(H,19,23)(H,20,24). The number of hydrogen-bond donors (Lipinski definition) is 3. The molecule has 1 aliphatic rings. The van der Waals surface area contributed by atoms with Crippen molar-refractivity contribution >= 4 is 11.9 Å². The van der Waals surface area contributed by atoms with Gasteiger partial charge in [0.2, 0.25) is 11.9 Å². The number of rotatable bonds is 4. The lowest BCUT2D eigenvalue weighted by molar-refractivity contribution is -0.121. The van der Waals surface area contributed by atoms with Gasteiger partial charge in [0.15, 0.2) is 0 Å². The number of H-pyrrole nitrogens is 2. The van der Waals surface area contributed by atoms with Gasteiger partial charge in [0, 0.05) is 43.2 Å². The van der Waals surface area contributed by atoms with Crippen molar-refractivity contribution in [1.82, 2.24) is 25.5 Å². The third-order valence-corrected chi connectivity index (χ3v) is 3.87. The molecule has 0 aliphatic carbocycles. The molecule has 0 saturated carbocycles. The summed E-state index contributed by atoms with van der Waals surface area (Å²) in [5.41, 5.74) is -0.759. The summed E-state index contributed by atoms with van der Waals surface area (Å²) >= 11 is 0. The molecule has 1 saturated heterocycles. The molecule has 126 valence electrons. The monoisotopic (exact) mass is 330 g/mol. The van der Waals surface area contributed by atoms with Gasteiger partial charge in [-0.15, -0.1) is 0 Å². The maximum Gasteiger partial charge on any atom is 0.266 e. The largest absolute Gasteiger partial charge is 0.351 e. The Morgan fingerprint density at radius 1 is 1.29 bits per heavy atom. The molecule has 3 N–H and O–H groups in total. The average Bonchev–Trinajstić information content (AvgIpc) is 2.59. The highest BCUT2D eigenvalue weighted by atomic mass is 16.2. The Hall–Kier alpha value is -2.97. The fourth-order valence-corrected chi connectivity index (χ4v) is 2.77. The highest BCUT2D eigenvalue weighted by Crippen LogP contribution is 2.15. The van der Waals surface area contributed by atoms with Crippen LogP contribution >= 0.6 is 0 Å². The Labute approximate surface area is 137 Å². The summed E-state index contributed by atoms with van der Waals surface area (Å²) in [6, 6.07) is 2.85. The van der Waals surface area contributed by atoms with Crippen LogP contribution in [0.15, 0.2) is 34.1 Å². The summed E-state index contributed by atoms with van der Waals surface area (Å²) in [5.74, 6) is 0.356. The van der Waals surface area contributed by atoms with Crippen molar-refractivity contribution in [2.24, 2.45) is 0 Å². The summed E-state index contributed by atoms with van der Waals surface area (Å²) in [5, 5.41) is 7.29. The van der Waals surface area contributed by atoms with Crippen molar-refractivity contribution in [3.05, 3.63) is 50.8 Å². The van der Waals surface area contributed by atoms with E-state index in [1.165, 1.54) is 0 Å². The number of piperidine rings is 1. The van der Waals surface area contributed by atoms with Crippen LogP contribution in [0.1, 0.15) is 18.4 Å². The number of nitrogens with one attached hydrogen (secondary N) is 3. The molecule has 0 spiro atoms. The van der Waals surface area contributed by atoms with Gasteiger partial charge in [-0.2, -0.15) is 0 Å². The van der Waals surface area contributed by atoms with Gasteiger partial charge in [-0.3, -0.25) is 24.6 Å². The van der Waals surface area contributed by atoms with Gasteiger partial charge in [0.05, 0.1) is 6.42 Å². The normalized spacial score (nSPS) is 17.5. The number of hydrogen-bond acceptors (Lipinski definition) is 6. The van der Waals surface area contributed by atoms with E-state index in [2.05, 4.69) is 25.5 Å². The maximum atomic E-state index is 12.2. The number of amides is 1. The van der Waals surface area contributed by atoms with Crippen molar-refractivity contribution in [3.63, 3.8) is 0 Å². The minimum Gasteiger partial charge on any atom is -0.351 e. The molecule has 1 unspecified atom stereocenters. The van der Waals surface area contributed by atoms with Crippen LogP contribution in [0, 0.1) is 0 Å². The van der Waals surface area contributed by atoms with Crippen LogP contribution in [0.25, 0.3) is 0 Å². The van der Waals surface area contributed by atoms with Gasteiger partial charge < -0.3 is 10.2 Å². The molecule has 2 aromatic heterocycles. The second-order valence-electron chi connectivity index (χ2n) is 5.69. The summed E-state index contributed by atoms with van der Waals surface area (Å²) in [7, 11) is 0. The van der Waals surface area contributed by atoms with Gasteiger partial charge in [-0.25, -0.2) is 9.97 Å². The average molecular weight is 330 g/mol. The van der Waals surface area contributed by atoms with E-state index in [0.717, 1.165) is 25.5 Å². The third kappa shape index (κ3) is 3.86. The first kappa shape index (κ1) is 15.9. The molecule has 0 radical (unpaired) electrons. The molecular formula is C15H18N6O3. The number of aromatic nitrogens is 4. The number of carbonyl (C=O) groups is 1. The van der Waals surface area contributed by atoms with Crippen LogP contribution in [-0.2, 0) is 11.2 Å². The van der Waals surface area contributed by atoms with Crippen molar-refractivity contribution < 1.29 is 4.79 Å². The van der Waals surface area contributed by atoms with E-state index in [4.69, 9.17) is 0 Å². The van der Waals surface area contributed by atoms with Crippen LogP contribution in [0.3, 0.4) is 0 Å². The van der Waals surface area contributed by atoms with Crippen molar-refractivity contribution in [1.29, 1.82) is 0 Å². The van der Waals surface area contributed by atoms with E-state index < -0.39 is 11.1 Å². The van der Waals surface area contributed by atoms with Crippen LogP contribution in [0.2, 0.25) is 0 Å². The van der Waals surface area contributed by atoms with Crippen molar-refractivity contribution in [2.45, 2.75) is 25.3 Å². The number of carbonyl (C=O) groups excluding carboxylic acids is 1. The van der Waals surface area contributed by atoms with Gasteiger partial charge in [0.25, 0.3) is 11.1 Å². The smallest absolute Gasteiger partial charge is 0.266 e. The van der Waals surface area contributed by atoms with Gasteiger partial charge in [-0.05, 0) is 18.9 Å². The molecular weight excluding hydrogens is 312 g/mol. The maximum absolute atomic E-state index is 12.2. The summed E-state index contributed by atoms with van der Waals surface area (Å²) in [6.45, 7) is 1.45. The van der Waals surface area contributed by atoms with Crippen LogP contribution in [0.4, 0.5) is 5.95 Å². The number of aromatic amines is 2. The molecule has 2 aromatic rings. The molecule has 9 heteroatoms. The second-order valence-corrected chi connectivity index (χ2v) is 5.69. The van der Waals surface area contributed by atoms with E-state index in [0.29, 0.717) is 12.5 Å². The Kier molecular flexibility index (Phi) is 4.69. The van der Waals surface area contributed by atoms with E-state index in [1.807, 2.05) is 4.90 Å². The molecule has 0 aromatic carbocycles. The SMILES string of the molecule is O=C(Cc1cc(=O)[nH][nH]c1=O)NC1CCCN(c2ncccn2)C1.